The summed E-state index contributed by atoms with van der Waals surface area (Å²) in [4.78, 5) is 15.2. The van der Waals surface area contributed by atoms with E-state index in [1.165, 1.54) is 12.1 Å². The van der Waals surface area contributed by atoms with Gasteiger partial charge in [0.2, 0.25) is 10.0 Å². The number of carbonyl (C=O) groups is 1. The molecule has 0 spiro atoms. The van der Waals surface area contributed by atoms with Crippen molar-refractivity contribution in [3.8, 4) is 11.5 Å². The van der Waals surface area contributed by atoms with Crippen LogP contribution >= 0.6 is 11.6 Å². The van der Waals surface area contributed by atoms with E-state index in [2.05, 4.69) is 15.0 Å². The van der Waals surface area contributed by atoms with Crippen molar-refractivity contribution < 1.29 is 36.2 Å². The number of carboxylic acids is 1. The Morgan fingerprint density at radius 1 is 1.00 bits per heavy atom. The Hall–Kier alpha value is -3.87. The van der Waals surface area contributed by atoms with Gasteiger partial charge in [-0.3, -0.25) is 4.98 Å². The Morgan fingerprint density at radius 3 is 2.31 bits per heavy atom. The van der Waals surface area contributed by atoms with Crippen LogP contribution < -0.4 is 14.8 Å². The molecule has 8 nitrogen and oxygen atoms in total. The monoisotopic (exact) mass is 537 g/mol. The molecule has 0 amide bonds. The molecular formula is C23H15ClF3N3O5S. The number of fused-ring (bicyclic) bond motifs is 1. The fourth-order valence-corrected chi connectivity index (χ4v) is 4.42. The molecule has 0 aliphatic carbocycles. The Balaban J connectivity index is 1.89. The minimum atomic E-state index is -4.17. The van der Waals surface area contributed by atoms with Crippen LogP contribution in [0.15, 0.2) is 59.6 Å². The van der Waals surface area contributed by atoms with Gasteiger partial charge in [-0.1, -0.05) is 11.6 Å². The number of ether oxygens (including phenoxy) is 1. The van der Waals surface area contributed by atoms with E-state index in [9.17, 15) is 31.5 Å². The van der Waals surface area contributed by atoms with Crippen LogP contribution in [0.4, 0.5) is 24.5 Å². The van der Waals surface area contributed by atoms with Crippen molar-refractivity contribution in [1.82, 2.24) is 9.71 Å². The van der Waals surface area contributed by atoms with Crippen molar-refractivity contribution in [2.45, 2.75) is 4.90 Å². The summed E-state index contributed by atoms with van der Waals surface area (Å²) in [5.41, 5.74) is -0.574. The predicted molar refractivity (Wildman–Crippen MR) is 126 cm³/mol. The summed E-state index contributed by atoms with van der Waals surface area (Å²) >= 11 is 5.90. The number of hydrogen-bond acceptors (Lipinski definition) is 6. The summed E-state index contributed by atoms with van der Waals surface area (Å²) in [5, 5.41) is 12.0. The van der Waals surface area contributed by atoms with Gasteiger partial charge in [0.1, 0.15) is 33.8 Å². The molecule has 4 aromatic rings. The molecule has 3 N–H and O–H groups in total. The summed E-state index contributed by atoms with van der Waals surface area (Å²) < 4.78 is 75.0. The zero-order valence-corrected chi connectivity index (χ0v) is 19.7. The number of nitrogens with one attached hydrogen (secondary N) is 2. The zero-order chi connectivity index (χ0) is 26.2. The van der Waals surface area contributed by atoms with Gasteiger partial charge in [0.15, 0.2) is 0 Å². The average molecular weight is 538 g/mol. The molecule has 1 aromatic heterocycles. The highest BCUT2D eigenvalue weighted by molar-refractivity contribution is 7.89. The van der Waals surface area contributed by atoms with E-state index in [0.717, 1.165) is 43.6 Å². The van der Waals surface area contributed by atoms with Gasteiger partial charge in [-0.2, -0.15) is 0 Å². The summed E-state index contributed by atoms with van der Waals surface area (Å²) in [5.74, 6) is -4.51. The van der Waals surface area contributed by atoms with Gasteiger partial charge in [0.25, 0.3) is 0 Å². The fraction of sp³-hybridized carbons (Fsp3) is 0.0435. The Bertz CT molecular complexity index is 1610. The topological polar surface area (TPSA) is 118 Å². The first-order valence-electron chi connectivity index (χ1n) is 9.97. The lowest BCUT2D eigenvalue weighted by Crippen LogP contribution is -2.20. The molecule has 36 heavy (non-hydrogen) atoms. The van der Waals surface area contributed by atoms with E-state index < -0.39 is 38.3 Å². The van der Waals surface area contributed by atoms with E-state index in [1.54, 1.807) is 0 Å². The molecule has 0 bridgehead atoms. The number of rotatable bonds is 7. The number of anilines is 2. The Kier molecular flexibility index (Phi) is 6.76. The maximum atomic E-state index is 15.0. The summed E-state index contributed by atoms with van der Waals surface area (Å²) in [7, 11) is -3.02. The first-order chi connectivity index (χ1) is 17.0. The number of aromatic nitrogens is 1. The molecule has 0 radical (unpaired) electrons. The summed E-state index contributed by atoms with van der Waals surface area (Å²) in [6.07, 6.45) is 0.986. The lowest BCUT2D eigenvalue weighted by Gasteiger charge is -2.17. The van der Waals surface area contributed by atoms with Crippen molar-refractivity contribution in [1.29, 1.82) is 0 Å². The maximum absolute atomic E-state index is 15.0. The van der Waals surface area contributed by atoms with Crippen molar-refractivity contribution in [2.24, 2.45) is 0 Å². The lowest BCUT2D eigenvalue weighted by atomic mass is 10.1. The highest BCUT2D eigenvalue weighted by Crippen LogP contribution is 2.36. The average Bonchev–Trinajstić information content (AvgIpc) is 2.77. The van der Waals surface area contributed by atoms with Crippen molar-refractivity contribution >= 4 is 49.9 Å². The molecule has 4 rings (SSSR count). The van der Waals surface area contributed by atoms with Crippen LogP contribution in [0.3, 0.4) is 0 Å². The van der Waals surface area contributed by atoms with Gasteiger partial charge in [-0.25, -0.2) is 31.1 Å². The second kappa shape index (κ2) is 9.64. The Morgan fingerprint density at radius 2 is 1.67 bits per heavy atom. The molecule has 186 valence electrons. The van der Waals surface area contributed by atoms with E-state index >= 15 is 0 Å². The first kappa shape index (κ1) is 25.2. The van der Waals surface area contributed by atoms with Gasteiger partial charge in [-0.05, 0) is 31.3 Å². The minimum Gasteiger partial charge on any atom is -0.478 e. The molecule has 0 unspecified atom stereocenters. The third-order valence-corrected chi connectivity index (χ3v) is 6.55. The van der Waals surface area contributed by atoms with Crippen molar-refractivity contribution in [3.63, 3.8) is 0 Å². The van der Waals surface area contributed by atoms with Crippen LogP contribution in [0.2, 0.25) is 5.02 Å². The molecule has 0 atom stereocenters. The maximum Gasteiger partial charge on any atom is 0.335 e. The molecule has 13 heteroatoms. The van der Waals surface area contributed by atoms with Gasteiger partial charge in [-0.15, -0.1) is 0 Å². The number of halogens is 4. The number of benzene rings is 3. The number of pyridine rings is 1. The second-order valence-electron chi connectivity index (χ2n) is 7.37. The van der Waals surface area contributed by atoms with Gasteiger partial charge >= 0.3 is 5.97 Å². The predicted octanol–water partition coefficient (Wildman–Crippen LogP) is 5.45. The van der Waals surface area contributed by atoms with E-state index in [1.807, 2.05) is 0 Å². The van der Waals surface area contributed by atoms with Crippen LogP contribution in [0.25, 0.3) is 10.9 Å². The van der Waals surface area contributed by atoms with Gasteiger partial charge in [0.05, 0.1) is 22.2 Å². The lowest BCUT2D eigenvalue weighted by molar-refractivity contribution is 0.0696. The second-order valence-corrected chi connectivity index (χ2v) is 9.66. The quantitative estimate of drug-likeness (QED) is 0.287. The zero-order valence-electron chi connectivity index (χ0n) is 18.1. The van der Waals surface area contributed by atoms with Gasteiger partial charge in [0, 0.05) is 41.2 Å². The van der Waals surface area contributed by atoms with Crippen LogP contribution in [-0.2, 0) is 10.0 Å². The normalized spacial score (nSPS) is 11.5. The molecule has 3 aromatic carbocycles. The van der Waals surface area contributed by atoms with Crippen molar-refractivity contribution in [2.75, 3.05) is 12.4 Å². The molecular weight excluding hydrogens is 523 g/mol. The highest BCUT2D eigenvalue weighted by atomic mass is 35.5. The number of carboxylic acid groups (broad SMARTS) is 1. The van der Waals surface area contributed by atoms with Crippen LogP contribution in [0.5, 0.6) is 11.5 Å². The molecule has 0 saturated carbocycles. The van der Waals surface area contributed by atoms with E-state index in [4.69, 9.17) is 16.3 Å². The first-order valence-corrected chi connectivity index (χ1v) is 11.8. The third-order valence-electron chi connectivity index (χ3n) is 4.90. The molecule has 0 aliphatic heterocycles. The summed E-state index contributed by atoms with van der Waals surface area (Å²) in [6.45, 7) is 0. The van der Waals surface area contributed by atoms with E-state index in [-0.39, 0.29) is 44.4 Å². The van der Waals surface area contributed by atoms with Crippen LogP contribution in [-0.4, -0.2) is 31.5 Å². The molecule has 0 aliphatic rings. The number of nitrogens with zero attached hydrogens (tertiary/aromatic N) is 1. The molecule has 0 saturated heterocycles. The number of sulfonamides is 1. The van der Waals surface area contributed by atoms with Crippen LogP contribution in [0, 0.1) is 17.5 Å². The van der Waals surface area contributed by atoms with Crippen LogP contribution in [0.1, 0.15) is 10.4 Å². The largest absolute Gasteiger partial charge is 0.478 e. The molecule has 0 fully saturated rings. The number of hydrogen-bond donors (Lipinski definition) is 3. The fourth-order valence-electron chi connectivity index (χ4n) is 3.38. The number of aromatic carboxylic acids is 1. The Labute approximate surface area is 207 Å². The highest BCUT2D eigenvalue weighted by Gasteiger charge is 2.23. The van der Waals surface area contributed by atoms with Gasteiger partial charge < -0.3 is 15.2 Å². The summed E-state index contributed by atoms with van der Waals surface area (Å²) in [6, 6.07) is 8.16. The third kappa shape index (κ3) is 5.20. The minimum absolute atomic E-state index is 0.0218. The van der Waals surface area contributed by atoms with E-state index in [0.29, 0.717) is 6.07 Å². The standard InChI is InChI=1S/C23H15ClF3N3O5S/c1-28-36(33,34)20-10-29-19-5-12(24)4-18(27)21(19)22(20)30-15-2-11(23(31)32)3-16(9-15)35-17-7-13(25)6-14(26)8-17/h2-10,28H,1H3,(H,29,30)(H,31,32). The van der Waals surface area contributed by atoms with Crippen molar-refractivity contribution in [3.05, 3.63) is 82.8 Å². The smallest absolute Gasteiger partial charge is 0.335 e. The molecule has 1 heterocycles. The SMILES string of the molecule is CNS(=O)(=O)c1cnc2cc(Cl)cc(F)c2c1Nc1cc(Oc2cc(F)cc(F)c2)cc(C(=O)O)c1.